The Labute approximate surface area is 266 Å². The van der Waals surface area contributed by atoms with Gasteiger partial charge in [0.05, 0.1) is 30.9 Å². The van der Waals surface area contributed by atoms with Crippen LogP contribution in [-0.4, -0.2) is 62.7 Å². The van der Waals surface area contributed by atoms with Gasteiger partial charge in [-0.1, -0.05) is 18.2 Å². The van der Waals surface area contributed by atoms with Crippen LogP contribution in [-0.2, 0) is 11.8 Å². The van der Waals surface area contributed by atoms with Crippen LogP contribution in [0, 0.1) is 0 Å². The van der Waals surface area contributed by atoms with E-state index in [1.54, 1.807) is 23.0 Å². The van der Waals surface area contributed by atoms with Gasteiger partial charge in [0, 0.05) is 73.4 Å². The van der Waals surface area contributed by atoms with Crippen molar-refractivity contribution in [3.63, 3.8) is 0 Å². The summed E-state index contributed by atoms with van der Waals surface area (Å²) in [5.41, 5.74) is 5.90. The fourth-order valence-corrected chi connectivity index (χ4v) is 7.02. The number of hydrogen-bond acceptors (Lipinski definition) is 6. The predicted octanol–water partition coefficient (Wildman–Crippen LogP) is 6.47. The highest BCUT2D eigenvalue weighted by Gasteiger charge is 2.44. The van der Waals surface area contributed by atoms with Gasteiger partial charge < -0.3 is 18.9 Å². The third kappa shape index (κ3) is 4.87. The van der Waals surface area contributed by atoms with Crippen molar-refractivity contribution >= 4 is 28.6 Å². The fraction of sp³-hybridized carbons (Fsp3) is 0.297. The van der Waals surface area contributed by atoms with Crippen molar-refractivity contribution in [3.05, 3.63) is 95.9 Å². The minimum atomic E-state index is -0.617. The first-order chi connectivity index (χ1) is 22.3. The van der Waals surface area contributed by atoms with Crippen LogP contribution in [0.25, 0.3) is 33.2 Å². The number of methoxy groups -OCH3 is 1. The van der Waals surface area contributed by atoms with Crippen molar-refractivity contribution < 1.29 is 23.9 Å². The molecular weight excluding hydrogens is 580 g/mol. The van der Waals surface area contributed by atoms with Crippen molar-refractivity contribution in [2.24, 2.45) is 7.05 Å². The first kappa shape index (κ1) is 28.3. The van der Waals surface area contributed by atoms with Gasteiger partial charge in [-0.3, -0.25) is 14.3 Å². The van der Waals surface area contributed by atoms with Gasteiger partial charge >= 0.3 is 5.97 Å². The minimum Gasteiger partial charge on any atom is -0.486 e. The molecule has 1 saturated carbocycles. The molecule has 3 aliphatic rings. The Balaban J connectivity index is 1.04. The van der Waals surface area contributed by atoms with Gasteiger partial charge in [-0.15, -0.1) is 0 Å². The molecule has 9 heteroatoms. The van der Waals surface area contributed by atoms with Crippen molar-refractivity contribution in [2.45, 2.75) is 43.7 Å². The van der Waals surface area contributed by atoms with Crippen molar-refractivity contribution in [1.82, 2.24) is 19.2 Å². The van der Waals surface area contributed by atoms with E-state index in [4.69, 9.17) is 9.47 Å². The topological polar surface area (TPSA) is 95.7 Å². The highest BCUT2D eigenvalue weighted by atomic mass is 16.5. The number of hydrogen-bond donors (Lipinski definition) is 0. The van der Waals surface area contributed by atoms with E-state index in [1.807, 2.05) is 60.6 Å². The van der Waals surface area contributed by atoms with Gasteiger partial charge in [0.15, 0.2) is 5.78 Å². The van der Waals surface area contributed by atoms with Crippen molar-refractivity contribution in [2.75, 3.05) is 20.2 Å². The summed E-state index contributed by atoms with van der Waals surface area (Å²) in [6.45, 7) is 1.00. The van der Waals surface area contributed by atoms with Crippen LogP contribution in [0.3, 0.4) is 0 Å². The molecule has 3 aromatic carbocycles. The zero-order chi connectivity index (χ0) is 31.6. The van der Waals surface area contributed by atoms with E-state index in [-0.39, 0.29) is 17.7 Å². The van der Waals surface area contributed by atoms with Crippen molar-refractivity contribution in [3.8, 4) is 28.0 Å². The predicted molar refractivity (Wildman–Crippen MR) is 173 cm³/mol. The monoisotopic (exact) mass is 614 g/mol. The number of amides is 1. The second-order valence-corrected chi connectivity index (χ2v) is 12.8. The van der Waals surface area contributed by atoms with E-state index in [0.29, 0.717) is 60.8 Å². The molecule has 0 N–H and O–H groups in total. The molecule has 1 aliphatic carbocycles. The summed E-state index contributed by atoms with van der Waals surface area (Å²) in [4.78, 5) is 41.4. The molecule has 2 aliphatic heterocycles. The maximum atomic E-state index is 14.1. The Morgan fingerprint density at radius 1 is 0.913 bits per heavy atom. The Bertz CT molecular complexity index is 2030. The number of nitrogens with zero attached hydrogens (tertiary/aromatic N) is 4. The first-order valence-corrected chi connectivity index (χ1v) is 15.8. The molecule has 2 aromatic heterocycles. The lowest BCUT2D eigenvalue weighted by atomic mass is 9.82. The van der Waals surface area contributed by atoms with Crippen LogP contribution in [0.5, 0.6) is 5.75 Å². The largest absolute Gasteiger partial charge is 0.486 e. The lowest BCUT2D eigenvalue weighted by Gasteiger charge is -2.44. The molecule has 4 heterocycles. The summed E-state index contributed by atoms with van der Waals surface area (Å²) < 4.78 is 15.4. The average molecular weight is 615 g/mol. The number of benzene rings is 3. The van der Waals surface area contributed by atoms with E-state index in [1.165, 1.54) is 7.11 Å². The highest BCUT2D eigenvalue weighted by Crippen LogP contribution is 2.43. The van der Waals surface area contributed by atoms with Gasteiger partial charge in [0.2, 0.25) is 0 Å². The molecule has 232 valence electrons. The molecule has 9 nitrogen and oxygen atoms in total. The molecule has 0 atom stereocenters. The second kappa shape index (κ2) is 10.7. The maximum absolute atomic E-state index is 14.1. The molecular formula is C37H34N4O5. The number of piperidine rings is 1. The quantitative estimate of drug-likeness (QED) is 0.211. The molecule has 46 heavy (non-hydrogen) atoms. The zero-order valence-electron chi connectivity index (χ0n) is 25.9. The van der Waals surface area contributed by atoms with E-state index in [2.05, 4.69) is 21.9 Å². The highest BCUT2D eigenvalue weighted by molar-refractivity contribution is 6.05. The fourth-order valence-electron chi connectivity index (χ4n) is 7.02. The van der Waals surface area contributed by atoms with E-state index in [9.17, 15) is 14.4 Å². The molecule has 1 spiro atoms. The summed E-state index contributed by atoms with van der Waals surface area (Å²) in [5.74, 6) is 0.264. The lowest BCUT2D eigenvalue weighted by molar-refractivity contribution is -0.00570. The third-order valence-electron chi connectivity index (χ3n) is 9.73. The van der Waals surface area contributed by atoms with E-state index < -0.39 is 5.60 Å². The minimum absolute atomic E-state index is 0.0311. The summed E-state index contributed by atoms with van der Waals surface area (Å²) in [7, 11) is 3.24. The number of ether oxygens (including phenoxy) is 2. The van der Waals surface area contributed by atoms with Crippen LogP contribution in [0.1, 0.15) is 69.2 Å². The molecule has 2 fully saturated rings. The van der Waals surface area contributed by atoms with Crippen LogP contribution in [0.4, 0.5) is 0 Å². The number of aryl methyl sites for hydroxylation is 1. The van der Waals surface area contributed by atoms with Gasteiger partial charge in [-0.25, -0.2) is 4.79 Å². The number of fused-ring (bicyclic) bond motifs is 2. The molecule has 5 aromatic rings. The number of rotatable bonds is 5. The summed E-state index contributed by atoms with van der Waals surface area (Å²) >= 11 is 0. The van der Waals surface area contributed by atoms with Crippen LogP contribution in [0.2, 0.25) is 0 Å². The number of carbonyl (C=O) groups is 3. The average Bonchev–Trinajstić information content (AvgIpc) is 3.68. The summed E-state index contributed by atoms with van der Waals surface area (Å²) in [6.07, 6.45) is 9.54. The number of likely N-dealkylation sites (tertiary alicyclic amines) is 1. The Hall–Kier alpha value is -5.18. The molecule has 0 radical (unpaired) electrons. The van der Waals surface area contributed by atoms with Crippen LogP contribution < -0.4 is 4.74 Å². The standard InChI is InChI=1S/C37H34N4O5/c1-39-22-27(21-38-39)25-7-10-34-31(17-25)33(42)20-37(46-34)12-15-40(16-13-37)35(43)26-18-30(23-3-5-24(6-4-23)36(44)45-2)29-11-14-41(28-8-9-28)32(29)19-26/h3-7,10-11,14,17-19,21-22,28H,8-9,12-13,15-16,20H2,1-2H3. The molecule has 1 amide bonds. The number of aromatic nitrogens is 3. The first-order valence-electron chi connectivity index (χ1n) is 15.8. The van der Waals surface area contributed by atoms with Crippen molar-refractivity contribution in [1.29, 1.82) is 0 Å². The SMILES string of the molecule is COC(=O)c1ccc(-c2cc(C(=O)N3CCC4(CC3)CC(=O)c3cc(-c5cnn(C)c5)ccc3O4)cc3c2ccn3C2CC2)cc1. The van der Waals surface area contributed by atoms with Gasteiger partial charge in [0.25, 0.3) is 5.91 Å². The molecule has 1 saturated heterocycles. The lowest BCUT2D eigenvalue weighted by Crippen LogP contribution is -2.52. The number of esters is 1. The van der Waals surface area contributed by atoms with Crippen LogP contribution >= 0.6 is 0 Å². The molecule has 0 unspecified atom stereocenters. The van der Waals surface area contributed by atoms with Crippen LogP contribution in [0.15, 0.2) is 79.3 Å². The third-order valence-corrected chi connectivity index (χ3v) is 9.73. The molecule has 8 rings (SSSR count). The van der Waals surface area contributed by atoms with E-state index >= 15 is 0 Å². The zero-order valence-corrected chi connectivity index (χ0v) is 25.9. The Morgan fingerprint density at radius 2 is 1.67 bits per heavy atom. The smallest absolute Gasteiger partial charge is 0.337 e. The normalized spacial score (nSPS) is 17.2. The number of ketones is 1. The number of Topliss-reactive ketones (excluding diaryl/α,β-unsaturated/α-hetero) is 1. The summed E-state index contributed by atoms with van der Waals surface area (Å²) in [6, 6.07) is 19.6. The maximum Gasteiger partial charge on any atom is 0.337 e. The van der Waals surface area contributed by atoms with Gasteiger partial charge in [0.1, 0.15) is 11.4 Å². The second-order valence-electron chi connectivity index (χ2n) is 12.8. The van der Waals surface area contributed by atoms with Gasteiger partial charge in [-0.05, 0) is 72.0 Å². The Morgan fingerprint density at radius 3 is 2.37 bits per heavy atom. The van der Waals surface area contributed by atoms with Gasteiger partial charge in [-0.2, -0.15) is 5.10 Å². The number of carbonyl (C=O) groups excluding carboxylic acids is 3. The summed E-state index contributed by atoms with van der Waals surface area (Å²) in [5, 5.41) is 5.32. The van der Waals surface area contributed by atoms with E-state index in [0.717, 1.165) is 46.0 Å². The Kier molecular flexibility index (Phi) is 6.60. The molecule has 0 bridgehead atoms.